The van der Waals surface area contributed by atoms with Gasteiger partial charge in [0.05, 0.1) is 55.8 Å². The second kappa shape index (κ2) is 9.43. The van der Waals surface area contributed by atoms with Crippen molar-refractivity contribution < 1.29 is 22.3 Å². The van der Waals surface area contributed by atoms with E-state index in [1.54, 1.807) is 31.0 Å². The lowest BCUT2D eigenvalue weighted by atomic mass is 10.1. The van der Waals surface area contributed by atoms with Gasteiger partial charge in [-0.2, -0.15) is 10.1 Å². The maximum atomic E-state index is 12.7. The van der Waals surface area contributed by atoms with Gasteiger partial charge in [-0.05, 0) is 5.92 Å². The molecule has 32 heavy (non-hydrogen) atoms. The third kappa shape index (κ3) is 5.29. The molecular weight excluding hydrogens is 465 g/mol. The van der Waals surface area contributed by atoms with E-state index in [2.05, 4.69) is 30.4 Å². The molecule has 3 N–H and O–H groups in total. The Morgan fingerprint density at radius 1 is 1.28 bits per heavy atom. The van der Waals surface area contributed by atoms with Crippen LogP contribution in [0.2, 0.25) is 5.02 Å². The van der Waals surface area contributed by atoms with Crippen molar-refractivity contribution in [3.05, 3.63) is 23.6 Å². The highest BCUT2D eigenvalue weighted by Gasteiger charge is 2.49. The number of rotatable bonds is 9. The zero-order chi connectivity index (χ0) is 22.9. The van der Waals surface area contributed by atoms with Gasteiger partial charge in [0.2, 0.25) is 16.0 Å². The van der Waals surface area contributed by atoms with Crippen LogP contribution in [0.3, 0.4) is 0 Å². The molecule has 4 rings (SSSR count). The van der Waals surface area contributed by atoms with E-state index in [4.69, 9.17) is 21.1 Å². The van der Waals surface area contributed by atoms with Crippen LogP contribution in [0.25, 0.3) is 0 Å². The van der Waals surface area contributed by atoms with Crippen LogP contribution in [-0.4, -0.2) is 78.1 Å². The standard InChI is InChI=1S/C18H25ClFN7O4S/c1-10(3-20)9-32(28,29)26-14-8-31-15-13(7-30-16(14)15)24-17-12(19)5-21-18(25-17)23-11-4-22-27(2)6-11/h4-6,10,13-16,26H,3,7-9H2,1-2H3,(H2,21,23,24,25). The van der Waals surface area contributed by atoms with Gasteiger partial charge in [0, 0.05) is 13.2 Å². The van der Waals surface area contributed by atoms with Gasteiger partial charge in [-0.3, -0.25) is 9.07 Å². The number of alkyl halides is 1. The molecule has 0 aliphatic carbocycles. The van der Waals surface area contributed by atoms with Crippen LogP contribution in [0.15, 0.2) is 18.6 Å². The molecule has 0 amide bonds. The average Bonchev–Trinajstić information content (AvgIpc) is 3.43. The number of nitrogens with zero attached hydrogens (tertiary/aromatic N) is 4. The first kappa shape index (κ1) is 23.1. The van der Waals surface area contributed by atoms with Crippen LogP contribution in [0.5, 0.6) is 0 Å². The molecule has 4 heterocycles. The van der Waals surface area contributed by atoms with E-state index < -0.39 is 40.9 Å². The fraction of sp³-hybridized carbons (Fsp3) is 0.611. The van der Waals surface area contributed by atoms with Gasteiger partial charge in [0.1, 0.15) is 17.2 Å². The highest BCUT2D eigenvalue weighted by Crippen LogP contribution is 2.31. The Bertz CT molecular complexity index is 1060. The van der Waals surface area contributed by atoms with Gasteiger partial charge >= 0.3 is 0 Å². The van der Waals surface area contributed by atoms with Crippen molar-refractivity contribution in [1.29, 1.82) is 0 Å². The Morgan fingerprint density at radius 3 is 2.69 bits per heavy atom. The molecule has 0 saturated carbocycles. The van der Waals surface area contributed by atoms with Crippen LogP contribution in [0.4, 0.5) is 21.8 Å². The van der Waals surface area contributed by atoms with Crippen LogP contribution in [0, 0.1) is 5.92 Å². The molecule has 2 aliphatic heterocycles. The molecule has 11 nitrogen and oxygen atoms in total. The number of fused-ring (bicyclic) bond motifs is 1. The molecule has 2 aromatic rings. The number of sulfonamides is 1. The number of hydrogen-bond donors (Lipinski definition) is 3. The molecule has 0 spiro atoms. The number of halogens is 2. The number of aromatic nitrogens is 4. The van der Waals surface area contributed by atoms with Gasteiger partial charge in [0.15, 0.2) is 5.82 Å². The lowest BCUT2D eigenvalue weighted by Crippen LogP contribution is -2.46. The van der Waals surface area contributed by atoms with Crippen LogP contribution in [-0.2, 0) is 26.5 Å². The predicted octanol–water partition coefficient (Wildman–Crippen LogP) is 1.08. The average molecular weight is 490 g/mol. The minimum absolute atomic E-state index is 0.155. The molecule has 0 radical (unpaired) electrons. The summed E-state index contributed by atoms with van der Waals surface area (Å²) in [5.74, 6) is -0.145. The summed E-state index contributed by atoms with van der Waals surface area (Å²) in [7, 11) is -1.86. The van der Waals surface area contributed by atoms with Crippen molar-refractivity contribution in [3.8, 4) is 0 Å². The predicted molar refractivity (Wildman–Crippen MR) is 116 cm³/mol. The van der Waals surface area contributed by atoms with Crippen LogP contribution < -0.4 is 15.4 Å². The van der Waals surface area contributed by atoms with Crippen LogP contribution in [0.1, 0.15) is 6.92 Å². The lowest BCUT2D eigenvalue weighted by molar-refractivity contribution is 0.0690. The topological polar surface area (TPSA) is 132 Å². The van der Waals surface area contributed by atoms with E-state index >= 15 is 0 Å². The first-order valence-electron chi connectivity index (χ1n) is 10.1. The molecular formula is C18H25ClFN7O4S. The fourth-order valence-corrected chi connectivity index (χ4v) is 5.48. The number of anilines is 3. The summed E-state index contributed by atoms with van der Waals surface area (Å²) in [5.41, 5.74) is 0.723. The summed E-state index contributed by atoms with van der Waals surface area (Å²) < 4.78 is 53.2. The van der Waals surface area contributed by atoms with E-state index in [1.165, 1.54) is 6.20 Å². The van der Waals surface area contributed by atoms with Crippen molar-refractivity contribution in [1.82, 2.24) is 24.5 Å². The van der Waals surface area contributed by atoms with E-state index in [-0.39, 0.29) is 25.0 Å². The molecule has 5 atom stereocenters. The monoisotopic (exact) mass is 489 g/mol. The van der Waals surface area contributed by atoms with Crippen molar-refractivity contribution in [2.75, 3.05) is 36.3 Å². The second-order valence-corrected chi connectivity index (χ2v) is 10.2. The molecule has 2 fully saturated rings. The smallest absolute Gasteiger partial charge is 0.229 e. The Hall–Kier alpha value is -2.06. The van der Waals surface area contributed by atoms with Gasteiger partial charge in [-0.25, -0.2) is 18.1 Å². The summed E-state index contributed by atoms with van der Waals surface area (Å²) in [5, 5.41) is 10.7. The van der Waals surface area contributed by atoms with E-state index in [1.807, 2.05) is 0 Å². The van der Waals surface area contributed by atoms with Crippen molar-refractivity contribution in [2.24, 2.45) is 13.0 Å². The van der Waals surface area contributed by atoms with Crippen molar-refractivity contribution in [2.45, 2.75) is 31.2 Å². The maximum absolute atomic E-state index is 12.7. The summed E-state index contributed by atoms with van der Waals surface area (Å²) in [6.07, 6.45) is 4.02. The number of hydrogen-bond acceptors (Lipinski definition) is 9. The third-order valence-electron chi connectivity index (χ3n) is 5.18. The summed E-state index contributed by atoms with van der Waals surface area (Å²) in [6.45, 7) is 1.28. The summed E-state index contributed by atoms with van der Waals surface area (Å²) in [4.78, 5) is 8.58. The molecule has 14 heteroatoms. The van der Waals surface area contributed by atoms with Gasteiger partial charge in [0.25, 0.3) is 0 Å². The fourth-order valence-electron chi connectivity index (χ4n) is 3.74. The zero-order valence-corrected chi connectivity index (χ0v) is 19.1. The van der Waals surface area contributed by atoms with Crippen molar-refractivity contribution in [3.63, 3.8) is 0 Å². The van der Waals surface area contributed by atoms with E-state index in [0.717, 1.165) is 5.69 Å². The normalized spacial score (nSPS) is 26.1. The van der Waals surface area contributed by atoms with Crippen molar-refractivity contribution >= 4 is 39.1 Å². The third-order valence-corrected chi connectivity index (χ3v) is 7.13. The Morgan fingerprint density at radius 2 is 2.00 bits per heavy atom. The van der Waals surface area contributed by atoms with Gasteiger partial charge in [-0.15, -0.1) is 0 Å². The number of nitrogens with one attached hydrogen (secondary N) is 3. The largest absolute Gasteiger partial charge is 0.371 e. The van der Waals surface area contributed by atoms with Gasteiger partial charge in [-0.1, -0.05) is 18.5 Å². The molecule has 2 aliphatic rings. The number of aryl methyl sites for hydroxylation is 1. The minimum Gasteiger partial charge on any atom is -0.371 e. The maximum Gasteiger partial charge on any atom is 0.229 e. The molecule has 2 saturated heterocycles. The zero-order valence-electron chi connectivity index (χ0n) is 17.5. The van der Waals surface area contributed by atoms with E-state index in [0.29, 0.717) is 16.8 Å². The Balaban J connectivity index is 1.40. The molecule has 5 unspecified atom stereocenters. The second-order valence-electron chi connectivity index (χ2n) is 8.03. The Labute approximate surface area is 190 Å². The van der Waals surface area contributed by atoms with Gasteiger partial charge < -0.3 is 20.1 Å². The lowest BCUT2D eigenvalue weighted by Gasteiger charge is -2.19. The highest BCUT2D eigenvalue weighted by molar-refractivity contribution is 7.89. The van der Waals surface area contributed by atoms with Crippen LogP contribution >= 0.6 is 11.6 Å². The Kier molecular flexibility index (Phi) is 6.81. The molecule has 176 valence electrons. The SMILES string of the molecule is CC(CF)CS(=O)(=O)NC1COC2C(Nc3nc(Nc4cnn(C)c4)ncc3Cl)COC12. The molecule has 0 bridgehead atoms. The molecule has 0 aromatic carbocycles. The summed E-state index contributed by atoms with van der Waals surface area (Å²) in [6, 6.07) is -0.842. The summed E-state index contributed by atoms with van der Waals surface area (Å²) >= 11 is 6.27. The van der Waals surface area contributed by atoms with E-state index in [9.17, 15) is 12.8 Å². The quantitative estimate of drug-likeness (QED) is 0.473. The highest BCUT2D eigenvalue weighted by atomic mass is 35.5. The first-order chi connectivity index (χ1) is 15.2. The number of ether oxygens (including phenoxy) is 2. The first-order valence-corrected chi connectivity index (χ1v) is 12.1. The molecule has 2 aromatic heterocycles. The minimum atomic E-state index is -3.66.